The molecule has 2 atom stereocenters. The van der Waals surface area contributed by atoms with E-state index in [2.05, 4.69) is 0 Å². The van der Waals surface area contributed by atoms with Crippen LogP contribution < -0.4 is 11.5 Å². The third-order valence-electron chi connectivity index (χ3n) is 0.965. The predicted molar refractivity (Wildman–Crippen MR) is 33.3 cm³/mol. The average molecular weight is 131 g/mol. The summed E-state index contributed by atoms with van der Waals surface area (Å²) in [6.07, 6.45) is 0.515. The maximum Gasteiger partial charge on any atom is 0.229 e. The third-order valence-corrected chi connectivity index (χ3v) is 0.965. The van der Waals surface area contributed by atoms with Crippen LogP contribution in [0.2, 0.25) is 0 Å². The highest BCUT2D eigenvalue weighted by Crippen LogP contribution is 1.89. The Bertz CT molecular complexity index is 87.0. The van der Waals surface area contributed by atoms with Crippen LogP contribution in [0, 0.1) is 0 Å². The monoisotopic (exact) mass is 131 g/mol. The van der Waals surface area contributed by atoms with Gasteiger partial charge in [0.2, 0.25) is 6.29 Å². The molecule has 1 radical (unpaired) electrons. The Morgan fingerprint density at radius 2 is 2.22 bits per heavy atom. The van der Waals surface area contributed by atoms with Crippen LogP contribution in [-0.2, 0) is 4.79 Å². The van der Waals surface area contributed by atoms with Crippen molar-refractivity contribution >= 4 is 6.29 Å². The largest absolute Gasteiger partial charge is 0.385 e. The molecule has 0 saturated heterocycles. The van der Waals surface area contributed by atoms with Gasteiger partial charge in [-0.15, -0.1) is 0 Å². The zero-order valence-electron chi connectivity index (χ0n) is 5.08. The van der Waals surface area contributed by atoms with Crippen molar-refractivity contribution in [3.8, 4) is 0 Å². The molecule has 0 aromatic rings. The van der Waals surface area contributed by atoms with Gasteiger partial charge in [0, 0.05) is 12.6 Å². The van der Waals surface area contributed by atoms with Crippen LogP contribution in [0.3, 0.4) is 0 Å². The van der Waals surface area contributed by atoms with Crippen molar-refractivity contribution in [2.24, 2.45) is 11.5 Å². The smallest absolute Gasteiger partial charge is 0.229 e. The van der Waals surface area contributed by atoms with Gasteiger partial charge in [0.25, 0.3) is 0 Å². The van der Waals surface area contributed by atoms with E-state index in [9.17, 15) is 4.79 Å². The molecule has 0 fully saturated rings. The first-order chi connectivity index (χ1) is 4.20. The number of hydrogen-bond donors (Lipinski definition) is 3. The van der Waals surface area contributed by atoms with E-state index in [0.29, 0.717) is 0 Å². The molecule has 0 aliphatic carbocycles. The van der Waals surface area contributed by atoms with E-state index < -0.39 is 6.10 Å². The first kappa shape index (κ1) is 8.55. The van der Waals surface area contributed by atoms with Gasteiger partial charge in [-0.3, -0.25) is 4.79 Å². The summed E-state index contributed by atoms with van der Waals surface area (Å²) >= 11 is 0. The van der Waals surface area contributed by atoms with Crippen LogP contribution in [0.1, 0.15) is 6.42 Å². The molecule has 0 aliphatic rings. The molecule has 1 unspecified atom stereocenters. The van der Waals surface area contributed by atoms with Gasteiger partial charge < -0.3 is 16.6 Å². The Morgan fingerprint density at radius 3 is 2.56 bits per heavy atom. The Morgan fingerprint density at radius 1 is 1.67 bits per heavy atom. The molecule has 9 heavy (non-hydrogen) atoms. The van der Waals surface area contributed by atoms with Gasteiger partial charge in [0.05, 0.1) is 0 Å². The average Bonchev–Trinajstić information content (AvgIpc) is 1.87. The quantitative estimate of drug-likeness (QED) is 0.417. The fraction of sp³-hybridized carbons (Fsp3) is 0.800. The maximum absolute atomic E-state index is 9.68. The summed E-state index contributed by atoms with van der Waals surface area (Å²) < 4.78 is 0. The second kappa shape index (κ2) is 4.43. The number of hydrogen-bond acceptors (Lipinski definition) is 4. The maximum atomic E-state index is 9.68. The number of aliphatic hydroxyl groups excluding tert-OH is 1. The Hall–Kier alpha value is -0.450. The van der Waals surface area contributed by atoms with E-state index in [4.69, 9.17) is 16.6 Å². The molecule has 4 heteroatoms. The van der Waals surface area contributed by atoms with Crippen molar-refractivity contribution in [2.75, 3.05) is 6.54 Å². The normalized spacial score (nSPS) is 16.8. The van der Waals surface area contributed by atoms with Crippen LogP contribution >= 0.6 is 0 Å². The summed E-state index contributed by atoms with van der Waals surface area (Å²) in [6.45, 7) is 0.277. The molecule has 0 heterocycles. The molecule has 53 valence electrons. The molecule has 0 spiro atoms. The van der Waals surface area contributed by atoms with Gasteiger partial charge in [-0.05, 0) is 6.42 Å². The third kappa shape index (κ3) is 4.08. The lowest BCUT2D eigenvalue weighted by atomic mass is 10.1. The van der Waals surface area contributed by atoms with E-state index in [1.54, 1.807) is 0 Å². The van der Waals surface area contributed by atoms with Gasteiger partial charge in [0.1, 0.15) is 6.10 Å². The number of aliphatic hydroxyl groups is 1. The van der Waals surface area contributed by atoms with E-state index in [1.165, 1.54) is 6.29 Å². The van der Waals surface area contributed by atoms with E-state index in [1.807, 2.05) is 0 Å². The molecule has 5 N–H and O–H groups in total. The molecule has 0 amide bonds. The summed E-state index contributed by atoms with van der Waals surface area (Å²) in [4.78, 5) is 9.68. The molecule has 0 bridgehead atoms. The zero-order chi connectivity index (χ0) is 7.28. The highest BCUT2D eigenvalue weighted by atomic mass is 16.3. The van der Waals surface area contributed by atoms with Crippen LogP contribution in [0.4, 0.5) is 0 Å². The molecule has 4 nitrogen and oxygen atoms in total. The van der Waals surface area contributed by atoms with Crippen molar-refractivity contribution in [3.63, 3.8) is 0 Å². The molecule has 0 rings (SSSR count). The van der Waals surface area contributed by atoms with Crippen molar-refractivity contribution in [1.29, 1.82) is 0 Å². The minimum atomic E-state index is -1.08. The lowest BCUT2D eigenvalue weighted by Gasteiger charge is -2.07. The van der Waals surface area contributed by atoms with Crippen LogP contribution in [0.5, 0.6) is 0 Å². The minimum absolute atomic E-state index is 0.194. The fourth-order valence-corrected chi connectivity index (χ4v) is 0.431. The Kier molecular flexibility index (Phi) is 4.21. The second-order valence-electron chi connectivity index (χ2n) is 1.87. The van der Waals surface area contributed by atoms with Crippen molar-refractivity contribution < 1.29 is 9.90 Å². The molecule has 0 saturated carbocycles. The number of rotatable bonds is 4. The van der Waals surface area contributed by atoms with Gasteiger partial charge in [0.15, 0.2) is 0 Å². The first-order valence-electron chi connectivity index (χ1n) is 2.72. The highest BCUT2D eigenvalue weighted by Gasteiger charge is 2.07. The zero-order valence-corrected chi connectivity index (χ0v) is 5.08. The predicted octanol–water partition coefficient (Wildman–Crippen LogP) is -1.87. The molecular formula is C5H11N2O2. The summed E-state index contributed by atoms with van der Waals surface area (Å²) in [7, 11) is 0. The summed E-state index contributed by atoms with van der Waals surface area (Å²) in [5.41, 5.74) is 10.4. The number of nitrogens with two attached hydrogens (primary N) is 2. The van der Waals surface area contributed by atoms with Crippen molar-refractivity contribution in [3.05, 3.63) is 0 Å². The van der Waals surface area contributed by atoms with Crippen molar-refractivity contribution in [2.45, 2.75) is 18.6 Å². The minimum Gasteiger partial charge on any atom is -0.385 e. The summed E-state index contributed by atoms with van der Waals surface area (Å²) in [5.74, 6) is 0. The summed E-state index contributed by atoms with van der Waals surface area (Å²) in [5, 5.41) is 8.60. The van der Waals surface area contributed by atoms with Gasteiger partial charge >= 0.3 is 0 Å². The molecule has 0 aliphatic heterocycles. The van der Waals surface area contributed by atoms with Gasteiger partial charge in [-0.25, -0.2) is 0 Å². The SMILES string of the molecule is NCC(N)C[C@@H](O)[C]=O. The molecule has 0 aromatic carbocycles. The van der Waals surface area contributed by atoms with E-state index in [-0.39, 0.29) is 19.0 Å². The lowest BCUT2D eigenvalue weighted by Crippen LogP contribution is -2.33. The van der Waals surface area contributed by atoms with Crippen molar-refractivity contribution in [1.82, 2.24) is 0 Å². The van der Waals surface area contributed by atoms with E-state index in [0.717, 1.165) is 0 Å². The van der Waals surface area contributed by atoms with Crippen LogP contribution in [0.25, 0.3) is 0 Å². The Balaban J connectivity index is 3.33. The summed E-state index contributed by atoms with van der Waals surface area (Å²) in [6, 6.07) is -0.304. The van der Waals surface area contributed by atoms with E-state index >= 15 is 0 Å². The van der Waals surface area contributed by atoms with Gasteiger partial charge in [-0.1, -0.05) is 0 Å². The second-order valence-corrected chi connectivity index (χ2v) is 1.87. The number of carbonyl (C=O) groups excluding carboxylic acids is 1. The van der Waals surface area contributed by atoms with Crippen LogP contribution in [-0.4, -0.2) is 30.1 Å². The molecular weight excluding hydrogens is 120 g/mol. The topological polar surface area (TPSA) is 89.3 Å². The highest BCUT2D eigenvalue weighted by molar-refractivity contribution is 5.56. The standard InChI is InChI=1S/C5H11N2O2/c6-2-4(7)1-5(9)3-8/h4-5,9H,1-2,6-7H2/t4?,5-/m1/s1. The van der Waals surface area contributed by atoms with Gasteiger partial charge in [-0.2, -0.15) is 0 Å². The van der Waals surface area contributed by atoms with Crippen LogP contribution in [0.15, 0.2) is 0 Å². The molecule has 0 aromatic heterocycles. The lowest BCUT2D eigenvalue weighted by molar-refractivity contribution is 0.214. The first-order valence-corrected chi connectivity index (χ1v) is 2.72. The Labute approximate surface area is 53.8 Å². The fourth-order valence-electron chi connectivity index (χ4n) is 0.431.